The van der Waals surface area contributed by atoms with Gasteiger partial charge in [-0.05, 0) is 45.6 Å². The Morgan fingerprint density at radius 3 is 2.40 bits per heavy atom. The van der Waals surface area contributed by atoms with E-state index in [0.717, 1.165) is 5.56 Å². The van der Waals surface area contributed by atoms with Crippen LogP contribution >= 0.6 is 0 Å². The zero-order valence-corrected chi connectivity index (χ0v) is 17.7. The molecule has 3 amide bonds. The third-order valence-electron chi connectivity index (χ3n) is 3.75. The van der Waals surface area contributed by atoms with Gasteiger partial charge in [-0.25, -0.2) is 9.59 Å². The first-order valence-corrected chi connectivity index (χ1v) is 9.80. The Kier molecular flexibility index (Phi) is 10.8. The van der Waals surface area contributed by atoms with Crippen LogP contribution in [0.2, 0.25) is 0 Å². The number of rotatable bonds is 10. The third-order valence-corrected chi connectivity index (χ3v) is 3.75. The molecule has 0 aromatic heterocycles. The molecule has 1 aromatic rings. The van der Waals surface area contributed by atoms with Gasteiger partial charge in [-0.2, -0.15) is 5.26 Å². The van der Waals surface area contributed by atoms with E-state index in [1.54, 1.807) is 20.8 Å². The summed E-state index contributed by atoms with van der Waals surface area (Å²) in [6, 6.07) is 10.3. The highest BCUT2D eigenvalue weighted by Crippen LogP contribution is 2.08. The first kappa shape index (κ1) is 24.8. The molecule has 0 aliphatic heterocycles. The summed E-state index contributed by atoms with van der Waals surface area (Å²) < 4.78 is 10.3. The first-order valence-electron chi connectivity index (χ1n) is 9.80. The summed E-state index contributed by atoms with van der Waals surface area (Å²) in [5, 5.41) is 16.2. The highest BCUT2D eigenvalue weighted by atomic mass is 16.6. The number of carbonyl (C=O) groups is 3. The first-order chi connectivity index (χ1) is 14.2. The number of nitriles is 1. The fraction of sp³-hybridized carbons (Fsp3) is 0.524. The molecule has 0 spiro atoms. The van der Waals surface area contributed by atoms with E-state index in [-0.39, 0.29) is 13.2 Å². The van der Waals surface area contributed by atoms with E-state index in [1.165, 1.54) is 0 Å². The third kappa shape index (κ3) is 11.5. The molecule has 1 atom stereocenters. The van der Waals surface area contributed by atoms with E-state index in [9.17, 15) is 14.4 Å². The van der Waals surface area contributed by atoms with Gasteiger partial charge in [-0.3, -0.25) is 4.79 Å². The van der Waals surface area contributed by atoms with Crippen LogP contribution < -0.4 is 16.0 Å². The molecule has 30 heavy (non-hydrogen) atoms. The van der Waals surface area contributed by atoms with Gasteiger partial charge in [0.15, 0.2) is 0 Å². The number of ether oxygens (including phenoxy) is 2. The monoisotopic (exact) mass is 418 g/mol. The summed E-state index contributed by atoms with van der Waals surface area (Å²) >= 11 is 0. The lowest BCUT2D eigenvalue weighted by Gasteiger charge is -2.23. The summed E-state index contributed by atoms with van der Waals surface area (Å²) in [6.07, 6.45) is 0.242. The van der Waals surface area contributed by atoms with E-state index in [2.05, 4.69) is 16.0 Å². The van der Waals surface area contributed by atoms with Gasteiger partial charge in [0.1, 0.15) is 24.8 Å². The lowest BCUT2D eigenvalue weighted by Crippen LogP contribution is -2.48. The van der Waals surface area contributed by atoms with Crippen LogP contribution in [0.1, 0.15) is 45.6 Å². The summed E-state index contributed by atoms with van der Waals surface area (Å²) in [6.45, 7) is 5.57. The van der Waals surface area contributed by atoms with Crippen LogP contribution in [0.3, 0.4) is 0 Å². The van der Waals surface area contributed by atoms with Crippen molar-refractivity contribution in [2.75, 3.05) is 13.1 Å². The second kappa shape index (κ2) is 13.0. The Bertz CT molecular complexity index is 725. The molecule has 1 aromatic carbocycles. The molecule has 3 N–H and O–H groups in total. The Balaban J connectivity index is 2.35. The maximum atomic E-state index is 12.2. The number of unbranched alkanes of at least 4 members (excludes halogenated alkanes) is 1. The predicted octanol–water partition coefficient (Wildman–Crippen LogP) is 2.62. The average Bonchev–Trinajstić information content (AvgIpc) is 2.68. The highest BCUT2D eigenvalue weighted by Gasteiger charge is 2.23. The van der Waals surface area contributed by atoms with Crippen LogP contribution in [-0.4, -0.2) is 42.8 Å². The molecule has 164 valence electrons. The van der Waals surface area contributed by atoms with E-state index in [4.69, 9.17) is 14.7 Å². The molecule has 0 saturated heterocycles. The van der Waals surface area contributed by atoms with Gasteiger partial charge in [0.05, 0.1) is 6.07 Å². The van der Waals surface area contributed by atoms with Crippen LogP contribution in [0.25, 0.3) is 0 Å². The second-order valence-corrected chi connectivity index (χ2v) is 7.56. The summed E-state index contributed by atoms with van der Waals surface area (Å²) in [7, 11) is 0. The van der Waals surface area contributed by atoms with Gasteiger partial charge in [0, 0.05) is 6.54 Å². The molecule has 0 radical (unpaired) electrons. The number of hydrogen-bond donors (Lipinski definition) is 3. The van der Waals surface area contributed by atoms with Crippen LogP contribution in [0.4, 0.5) is 9.59 Å². The molecular weight excluding hydrogens is 388 g/mol. The van der Waals surface area contributed by atoms with Crippen LogP contribution in [-0.2, 0) is 20.9 Å². The van der Waals surface area contributed by atoms with Crippen molar-refractivity contribution in [3.63, 3.8) is 0 Å². The molecule has 0 fully saturated rings. The maximum Gasteiger partial charge on any atom is 0.408 e. The van der Waals surface area contributed by atoms with Crippen molar-refractivity contribution in [2.45, 2.75) is 58.3 Å². The van der Waals surface area contributed by atoms with Gasteiger partial charge >= 0.3 is 12.2 Å². The lowest BCUT2D eigenvalue weighted by atomic mass is 10.1. The maximum absolute atomic E-state index is 12.2. The van der Waals surface area contributed by atoms with Crippen LogP contribution in [0, 0.1) is 11.3 Å². The number of nitrogens with zero attached hydrogens (tertiary/aromatic N) is 1. The van der Waals surface area contributed by atoms with Crippen LogP contribution in [0.5, 0.6) is 0 Å². The van der Waals surface area contributed by atoms with E-state index in [0.29, 0.717) is 25.8 Å². The Labute approximate surface area is 177 Å². The minimum Gasteiger partial charge on any atom is -0.445 e. The zero-order valence-electron chi connectivity index (χ0n) is 17.7. The SMILES string of the molecule is CC(C)(C)OC(=O)N[C@@H](CCCCNC(=O)OCc1ccccc1)C(=O)NCC#N. The largest absolute Gasteiger partial charge is 0.445 e. The van der Waals surface area contributed by atoms with Crippen molar-refractivity contribution in [1.29, 1.82) is 5.26 Å². The van der Waals surface area contributed by atoms with Gasteiger partial charge in [0.2, 0.25) is 5.91 Å². The number of alkyl carbamates (subject to hydrolysis) is 2. The van der Waals surface area contributed by atoms with Gasteiger partial charge in [0.25, 0.3) is 0 Å². The summed E-state index contributed by atoms with van der Waals surface area (Å²) in [4.78, 5) is 35.9. The fourth-order valence-electron chi connectivity index (χ4n) is 2.41. The van der Waals surface area contributed by atoms with E-state index in [1.807, 2.05) is 36.4 Å². The molecule has 9 heteroatoms. The topological polar surface area (TPSA) is 130 Å². The minimum absolute atomic E-state index is 0.153. The zero-order chi connectivity index (χ0) is 22.4. The minimum atomic E-state index is -0.835. The van der Waals surface area contributed by atoms with Crippen molar-refractivity contribution < 1.29 is 23.9 Å². The molecular formula is C21H30N4O5. The normalized spacial score (nSPS) is 11.5. The summed E-state index contributed by atoms with van der Waals surface area (Å²) in [5.74, 6) is -0.461. The van der Waals surface area contributed by atoms with Gasteiger partial charge in [-0.1, -0.05) is 30.3 Å². The standard InChI is InChI=1S/C21H30N4O5/c1-21(2,3)30-20(28)25-17(18(26)23-14-12-22)11-7-8-13-24-19(27)29-15-16-9-5-4-6-10-16/h4-6,9-10,17H,7-8,11,13-15H2,1-3H3,(H,23,26)(H,24,27)(H,25,28)/t17-/m0/s1. The van der Waals surface area contributed by atoms with Crippen molar-refractivity contribution in [1.82, 2.24) is 16.0 Å². The molecule has 0 aliphatic carbocycles. The molecule has 0 heterocycles. The van der Waals surface area contributed by atoms with Gasteiger partial charge < -0.3 is 25.4 Å². The molecule has 0 unspecified atom stereocenters. The number of carbonyl (C=O) groups excluding carboxylic acids is 3. The smallest absolute Gasteiger partial charge is 0.408 e. The van der Waals surface area contributed by atoms with Crippen molar-refractivity contribution in [3.8, 4) is 6.07 Å². The second-order valence-electron chi connectivity index (χ2n) is 7.56. The van der Waals surface area contributed by atoms with Crippen molar-refractivity contribution in [2.24, 2.45) is 0 Å². The number of amides is 3. The predicted molar refractivity (Wildman–Crippen MR) is 110 cm³/mol. The van der Waals surface area contributed by atoms with Crippen molar-refractivity contribution in [3.05, 3.63) is 35.9 Å². The van der Waals surface area contributed by atoms with Gasteiger partial charge in [-0.15, -0.1) is 0 Å². The Morgan fingerprint density at radius 1 is 1.07 bits per heavy atom. The number of benzene rings is 1. The van der Waals surface area contributed by atoms with E-state index >= 15 is 0 Å². The van der Waals surface area contributed by atoms with Crippen molar-refractivity contribution >= 4 is 18.1 Å². The molecule has 1 rings (SSSR count). The summed E-state index contributed by atoms with van der Waals surface area (Å²) in [5.41, 5.74) is 0.203. The lowest BCUT2D eigenvalue weighted by molar-refractivity contribution is -0.123. The average molecular weight is 418 g/mol. The Morgan fingerprint density at radius 2 is 1.77 bits per heavy atom. The molecule has 9 nitrogen and oxygen atoms in total. The molecule has 0 bridgehead atoms. The molecule has 0 saturated carbocycles. The quantitative estimate of drug-likeness (QED) is 0.396. The molecule has 0 aliphatic rings. The number of nitrogens with one attached hydrogen (secondary N) is 3. The number of hydrogen-bond acceptors (Lipinski definition) is 6. The highest BCUT2D eigenvalue weighted by molar-refractivity contribution is 5.85. The fourth-order valence-corrected chi connectivity index (χ4v) is 2.41. The Hall–Kier alpha value is -3.28. The van der Waals surface area contributed by atoms with E-state index < -0.39 is 29.7 Å². The van der Waals surface area contributed by atoms with Crippen LogP contribution in [0.15, 0.2) is 30.3 Å².